The molecular formula is C10H14CaO3. The Morgan fingerprint density at radius 2 is 2.00 bits per heavy atom. The number of carbonyl (C=O) groups excluding carboxylic acids is 1. The van der Waals surface area contributed by atoms with Crippen LogP contribution in [0, 0.1) is 0 Å². The standard InChI is InChI=1S/C10H12O3.Ca.2H/c1-2-7-13-10(12)8-3-5-9(11)6-4-8;;;/h3-6,11H,2,7H2,1H3;;;/q;+2;2*-1. The summed E-state index contributed by atoms with van der Waals surface area (Å²) in [7, 11) is 0. The fourth-order valence-electron chi connectivity index (χ4n) is 0.876. The first kappa shape index (κ1) is 13.7. The van der Waals surface area contributed by atoms with Crippen LogP contribution in [-0.4, -0.2) is 55.4 Å². The van der Waals surface area contributed by atoms with Crippen molar-refractivity contribution >= 4 is 43.7 Å². The van der Waals surface area contributed by atoms with Crippen LogP contribution in [0.25, 0.3) is 0 Å². The van der Waals surface area contributed by atoms with Crippen LogP contribution in [0.2, 0.25) is 0 Å². The molecule has 1 aromatic carbocycles. The van der Waals surface area contributed by atoms with Crippen LogP contribution in [0.1, 0.15) is 26.6 Å². The summed E-state index contributed by atoms with van der Waals surface area (Å²) in [5.41, 5.74) is 0.464. The predicted octanol–water partition coefficient (Wildman–Crippen LogP) is 1.80. The van der Waals surface area contributed by atoms with Crippen LogP contribution in [0.3, 0.4) is 0 Å². The van der Waals surface area contributed by atoms with Gasteiger partial charge in [-0.1, -0.05) is 6.92 Å². The van der Waals surface area contributed by atoms with Gasteiger partial charge < -0.3 is 12.7 Å². The van der Waals surface area contributed by atoms with Crippen molar-refractivity contribution in [2.24, 2.45) is 0 Å². The molecule has 4 heteroatoms. The third-order valence-electron chi connectivity index (χ3n) is 1.54. The maximum atomic E-state index is 11.2. The first-order valence-electron chi connectivity index (χ1n) is 4.20. The summed E-state index contributed by atoms with van der Waals surface area (Å²) in [6.45, 7) is 2.36. The van der Waals surface area contributed by atoms with E-state index in [1.54, 1.807) is 0 Å². The second kappa shape index (κ2) is 7.10. The molecule has 0 saturated carbocycles. The Balaban J connectivity index is -0.000000563. The molecule has 14 heavy (non-hydrogen) atoms. The number of hydrogen-bond acceptors (Lipinski definition) is 3. The number of ether oxygens (including phenoxy) is 1. The Kier molecular flexibility index (Phi) is 6.97. The van der Waals surface area contributed by atoms with E-state index in [1.807, 2.05) is 6.92 Å². The van der Waals surface area contributed by atoms with Crippen molar-refractivity contribution in [3.05, 3.63) is 29.8 Å². The summed E-state index contributed by atoms with van der Waals surface area (Å²) in [5, 5.41) is 8.96. The van der Waals surface area contributed by atoms with Gasteiger partial charge in [-0.15, -0.1) is 0 Å². The van der Waals surface area contributed by atoms with E-state index in [0.29, 0.717) is 12.2 Å². The van der Waals surface area contributed by atoms with E-state index in [4.69, 9.17) is 9.84 Å². The van der Waals surface area contributed by atoms with E-state index in [-0.39, 0.29) is 52.3 Å². The van der Waals surface area contributed by atoms with Gasteiger partial charge in [0.1, 0.15) is 5.75 Å². The maximum absolute atomic E-state index is 11.2. The molecule has 0 radical (unpaired) electrons. The quantitative estimate of drug-likeness (QED) is 0.626. The first-order valence-corrected chi connectivity index (χ1v) is 4.20. The number of phenolic OH excluding ortho intramolecular Hbond substituents is 1. The molecule has 0 unspecified atom stereocenters. The van der Waals surface area contributed by atoms with Crippen molar-refractivity contribution in [1.82, 2.24) is 0 Å². The molecule has 1 aromatic rings. The van der Waals surface area contributed by atoms with Crippen LogP contribution >= 0.6 is 0 Å². The molecule has 0 heterocycles. The third kappa shape index (κ3) is 4.31. The SMILES string of the molecule is CCCOC(=O)c1ccc(O)cc1.[Ca+2].[H-].[H-]. The summed E-state index contributed by atoms with van der Waals surface area (Å²) in [6.07, 6.45) is 0.809. The summed E-state index contributed by atoms with van der Waals surface area (Å²) in [4.78, 5) is 11.2. The van der Waals surface area contributed by atoms with Gasteiger partial charge >= 0.3 is 43.7 Å². The predicted molar refractivity (Wildman–Crippen MR) is 56.7 cm³/mol. The van der Waals surface area contributed by atoms with Gasteiger partial charge in [0.15, 0.2) is 0 Å². The third-order valence-corrected chi connectivity index (χ3v) is 1.54. The van der Waals surface area contributed by atoms with Crippen molar-refractivity contribution in [1.29, 1.82) is 0 Å². The molecule has 3 nitrogen and oxygen atoms in total. The smallest absolute Gasteiger partial charge is 1.00 e. The van der Waals surface area contributed by atoms with Crippen molar-refractivity contribution < 1.29 is 17.5 Å². The van der Waals surface area contributed by atoms with Crippen LogP contribution in [0.5, 0.6) is 5.75 Å². The Morgan fingerprint density at radius 1 is 1.43 bits per heavy atom. The zero-order valence-electron chi connectivity index (χ0n) is 10.2. The van der Waals surface area contributed by atoms with Crippen LogP contribution < -0.4 is 0 Å². The molecule has 0 aromatic heterocycles. The van der Waals surface area contributed by atoms with Gasteiger partial charge in [0, 0.05) is 0 Å². The van der Waals surface area contributed by atoms with Gasteiger partial charge in [-0.25, -0.2) is 4.79 Å². The normalized spacial score (nSPS) is 8.93. The molecule has 0 aliphatic carbocycles. The molecule has 0 atom stereocenters. The van der Waals surface area contributed by atoms with Gasteiger partial charge in [-0.05, 0) is 30.7 Å². The topological polar surface area (TPSA) is 46.5 Å². The zero-order chi connectivity index (χ0) is 9.68. The van der Waals surface area contributed by atoms with Gasteiger partial charge in [0.05, 0.1) is 12.2 Å². The minimum absolute atomic E-state index is 0. The second-order valence-corrected chi connectivity index (χ2v) is 2.68. The number of aromatic hydroxyl groups is 1. The van der Waals surface area contributed by atoms with Crippen LogP contribution in [-0.2, 0) is 4.74 Å². The molecule has 0 amide bonds. The average molecular weight is 222 g/mol. The fraction of sp³-hybridized carbons (Fsp3) is 0.300. The Bertz CT molecular complexity index is 291. The number of carbonyl (C=O) groups is 1. The minimum Gasteiger partial charge on any atom is -1.00 e. The van der Waals surface area contributed by atoms with Crippen molar-refractivity contribution in [3.8, 4) is 5.75 Å². The molecule has 0 bridgehead atoms. The summed E-state index contributed by atoms with van der Waals surface area (Å²) < 4.78 is 4.90. The molecule has 0 aliphatic heterocycles. The number of esters is 1. The molecule has 0 spiro atoms. The minimum atomic E-state index is -0.346. The van der Waals surface area contributed by atoms with Crippen LogP contribution in [0.15, 0.2) is 24.3 Å². The summed E-state index contributed by atoms with van der Waals surface area (Å²) in [5.74, 6) is -0.200. The number of rotatable bonds is 3. The monoisotopic (exact) mass is 222 g/mol. The summed E-state index contributed by atoms with van der Waals surface area (Å²) in [6, 6.07) is 5.99. The summed E-state index contributed by atoms with van der Waals surface area (Å²) >= 11 is 0. The second-order valence-electron chi connectivity index (χ2n) is 2.68. The molecular weight excluding hydrogens is 208 g/mol. The van der Waals surface area contributed by atoms with Gasteiger partial charge in [-0.2, -0.15) is 0 Å². The van der Waals surface area contributed by atoms with Crippen molar-refractivity contribution in [3.63, 3.8) is 0 Å². The van der Waals surface area contributed by atoms with E-state index in [0.717, 1.165) is 6.42 Å². The molecule has 0 aliphatic rings. The molecule has 1 N–H and O–H groups in total. The Morgan fingerprint density at radius 3 is 2.50 bits per heavy atom. The fourth-order valence-corrected chi connectivity index (χ4v) is 0.876. The van der Waals surface area contributed by atoms with Crippen molar-refractivity contribution in [2.75, 3.05) is 6.61 Å². The van der Waals surface area contributed by atoms with E-state index in [2.05, 4.69) is 0 Å². The maximum Gasteiger partial charge on any atom is 2.00 e. The van der Waals surface area contributed by atoms with E-state index in [1.165, 1.54) is 24.3 Å². The zero-order valence-corrected chi connectivity index (χ0v) is 10.4. The molecule has 74 valence electrons. The number of phenols is 1. The molecule has 0 fully saturated rings. The first-order chi connectivity index (χ1) is 6.24. The van der Waals surface area contributed by atoms with Crippen molar-refractivity contribution in [2.45, 2.75) is 13.3 Å². The van der Waals surface area contributed by atoms with Gasteiger partial charge in [0.25, 0.3) is 0 Å². The van der Waals surface area contributed by atoms with Gasteiger partial charge in [-0.3, -0.25) is 0 Å². The molecule has 1 rings (SSSR count). The molecule has 0 saturated heterocycles. The van der Waals surface area contributed by atoms with E-state index in [9.17, 15) is 4.79 Å². The Labute approximate surface area is 116 Å². The largest absolute Gasteiger partial charge is 2.00 e. The Hall–Kier alpha value is -0.250. The average Bonchev–Trinajstić information content (AvgIpc) is 2.15. The number of benzene rings is 1. The van der Waals surface area contributed by atoms with E-state index < -0.39 is 0 Å². The van der Waals surface area contributed by atoms with Crippen LogP contribution in [0.4, 0.5) is 0 Å². The van der Waals surface area contributed by atoms with E-state index >= 15 is 0 Å². The van der Waals surface area contributed by atoms with Gasteiger partial charge in [0.2, 0.25) is 0 Å². The number of hydrogen-bond donors (Lipinski definition) is 1.